The van der Waals surface area contributed by atoms with Crippen LogP contribution in [0.15, 0.2) is 12.1 Å². The molecule has 1 aromatic rings. The molecule has 0 unspecified atom stereocenters. The van der Waals surface area contributed by atoms with Crippen LogP contribution in [-0.2, 0) is 0 Å². The number of hydrogen-bond donors (Lipinski definition) is 1. The van der Waals surface area contributed by atoms with E-state index in [4.69, 9.17) is 5.73 Å². The molecule has 1 aliphatic rings. The Kier molecular flexibility index (Phi) is 2.89. The summed E-state index contributed by atoms with van der Waals surface area (Å²) in [6.45, 7) is 0. The molecule has 0 heterocycles. The summed E-state index contributed by atoms with van der Waals surface area (Å²) < 4.78 is 27.2. The lowest BCUT2D eigenvalue weighted by molar-refractivity contribution is 0.413. The zero-order chi connectivity index (χ0) is 10.8. The van der Waals surface area contributed by atoms with E-state index >= 15 is 0 Å². The Morgan fingerprint density at radius 3 is 2.07 bits per heavy atom. The average molecular weight is 211 g/mol. The molecule has 1 fully saturated rings. The van der Waals surface area contributed by atoms with E-state index < -0.39 is 11.6 Å². The quantitative estimate of drug-likeness (QED) is 0.706. The van der Waals surface area contributed by atoms with Crippen molar-refractivity contribution in [3.8, 4) is 0 Å². The van der Waals surface area contributed by atoms with Crippen LogP contribution in [0.25, 0.3) is 0 Å². The normalized spacial score (nSPS) is 18.0. The summed E-state index contributed by atoms with van der Waals surface area (Å²) in [6, 6.07) is 2.43. The van der Waals surface area contributed by atoms with E-state index in [1.807, 2.05) is 0 Å². The molecule has 0 bridgehead atoms. The summed E-state index contributed by atoms with van der Waals surface area (Å²) in [5.41, 5.74) is 5.77. The van der Waals surface area contributed by atoms with Gasteiger partial charge in [0.25, 0.3) is 0 Å². The van der Waals surface area contributed by atoms with E-state index in [1.54, 1.807) is 0 Å². The number of hydrogen-bond acceptors (Lipinski definition) is 1. The van der Waals surface area contributed by atoms with Gasteiger partial charge in [0.15, 0.2) is 0 Å². The molecule has 15 heavy (non-hydrogen) atoms. The van der Waals surface area contributed by atoms with Crippen LogP contribution in [0.3, 0.4) is 0 Å². The molecule has 0 saturated heterocycles. The minimum absolute atomic E-state index is 0.0411. The van der Waals surface area contributed by atoms with Gasteiger partial charge in [0.2, 0.25) is 0 Å². The van der Waals surface area contributed by atoms with Crippen molar-refractivity contribution >= 4 is 5.69 Å². The van der Waals surface area contributed by atoms with Gasteiger partial charge in [-0.2, -0.15) is 0 Å². The second kappa shape index (κ2) is 4.17. The highest BCUT2D eigenvalue weighted by atomic mass is 19.1. The second-order valence-electron chi connectivity index (χ2n) is 4.23. The van der Waals surface area contributed by atoms with Crippen LogP contribution in [0.5, 0.6) is 0 Å². The highest BCUT2D eigenvalue weighted by Crippen LogP contribution is 2.35. The van der Waals surface area contributed by atoms with Crippen LogP contribution in [-0.4, -0.2) is 0 Å². The van der Waals surface area contributed by atoms with Crippen molar-refractivity contribution in [2.24, 2.45) is 0 Å². The van der Waals surface area contributed by atoms with Crippen LogP contribution in [0.4, 0.5) is 14.5 Å². The van der Waals surface area contributed by atoms with Crippen LogP contribution >= 0.6 is 0 Å². The summed E-state index contributed by atoms with van der Waals surface area (Å²) >= 11 is 0. The summed E-state index contributed by atoms with van der Waals surface area (Å²) in [5, 5.41) is 0. The van der Waals surface area contributed by atoms with Crippen molar-refractivity contribution in [1.82, 2.24) is 0 Å². The Morgan fingerprint density at radius 2 is 1.53 bits per heavy atom. The van der Waals surface area contributed by atoms with Gasteiger partial charge in [0.05, 0.1) is 0 Å². The lowest BCUT2D eigenvalue weighted by Crippen LogP contribution is -2.09. The SMILES string of the molecule is Nc1cc(F)c(C2CCCCC2)c(F)c1. The first kappa shape index (κ1) is 10.4. The fourth-order valence-electron chi connectivity index (χ4n) is 2.39. The van der Waals surface area contributed by atoms with Gasteiger partial charge in [0.1, 0.15) is 11.6 Å². The van der Waals surface area contributed by atoms with Crippen LogP contribution < -0.4 is 5.73 Å². The van der Waals surface area contributed by atoms with Crippen LogP contribution in [0.1, 0.15) is 43.6 Å². The molecule has 3 heteroatoms. The van der Waals surface area contributed by atoms with Crippen LogP contribution in [0, 0.1) is 11.6 Å². The molecule has 2 N–H and O–H groups in total. The fourth-order valence-corrected chi connectivity index (χ4v) is 2.39. The van der Waals surface area contributed by atoms with Gasteiger partial charge in [-0.25, -0.2) is 8.78 Å². The van der Waals surface area contributed by atoms with Gasteiger partial charge in [-0.05, 0) is 30.9 Å². The number of nitrogens with two attached hydrogens (primary N) is 1. The third-order valence-electron chi connectivity index (χ3n) is 3.11. The van der Waals surface area contributed by atoms with Gasteiger partial charge in [-0.15, -0.1) is 0 Å². The Balaban J connectivity index is 2.33. The number of nitrogen functional groups attached to an aromatic ring is 1. The van der Waals surface area contributed by atoms with Gasteiger partial charge in [-0.3, -0.25) is 0 Å². The Labute approximate surface area is 88.3 Å². The molecule has 0 aliphatic heterocycles. The Morgan fingerprint density at radius 1 is 1.00 bits per heavy atom. The molecule has 0 amide bonds. The van der Waals surface area contributed by atoms with Crippen molar-refractivity contribution in [1.29, 1.82) is 0 Å². The average Bonchev–Trinajstić information content (AvgIpc) is 2.17. The van der Waals surface area contributed by atoms with Crippen molar-refractivity contribution in [3.05, 3.63) is 29.3 Å². The van der Waals surface area contributed by atoms with Crippen LogP contribution in [0.2, 0.25) is 0 Å². The maximum Gasteiger partial charge on any atom is 0.131 e. The molecular formula is C12H15F2N. The van der Waals surface area contributed by atoms with E-state index in [0.29, 0.717) is 0 Å². The number of benzene rings is 1. The summed E-state index contributed by atoms with van der Waals surface area (Å²) in [7, 11) is 0. The Bertz CT molecular complexity index is 334. The predicted molar refractivity (Wildman–Crippen MR) is 56.6 cm³/mol. The molecular weight excluding hydrogens is 196 g/mol. The van der Waals surface area contributed by atoms with E-state index in [9.17, 15) is 8.78 Å². The summed E-state index contributed by atoms with van der Waals surface area (Å²) in [4.78, 5) is 0. The summed E-state index contributed by atoms with van der Waals surface area (Å²) in [5.74, 6) is -0.932. The van der Waals surface area contributed by atoms with Crippen molar-refractivity contribution in [2.45, 2.75) is 38.0 Å². The molecule has 0 atom stereocenters. The maximum absolute atomic E-state index is 13.6. The first-order valence-corrected chi connectivity index (χ1v) is 5.43. The molecule has 0 aromatic heterocycles. The van der Waals surface area contributed by atoms with E-state index in [1.165, 1.54) is 18.6 Å². The molecule has 1 aromatic carbocycles. The minimum atomic E-state index is -0.487. The minimum Gasteiger partial charge on any atom is -0.399 e. The monoisotopic (exact) mass is 211 g/mol. The van der Waals surface area contributed by atoms with Gasteiger partial charge < -0.3 is 5.73 Å². The molecule has 2 rings (SSSR count). The third-order valence-corrected chi connectivity index (χ3v) is 3.11. The lowest BCUT2D eigenvalue weighted by Gasteiger charge is -2.22. The predicted octanol–water partition coefficient (Wildman–Crippen LogP) is 3.59. The Hall–Kier alpha value is -1.12. The van der Waals surface area contributed by atoms with Gasteiger partial charge in [0, 0.05) is 11.3 Å². The van der Waals surface area contributed by atoms with E-state index in [0.717, 1.165) is 25.7 Å². The third kappa shape index (κ3) is 2.11. The molecule has 0 spiro atoms. The molecule has 1 aliphatic carbocycles. The first-order valence-electron chi connectivity index (χ1n) is 5.43. The number of halogens is 2. The summed E-state index contributed by atoms with van der Waals surface area (Å²) in [6.07, 6.45) is 5.08. The maximum atomic E-state index is 13.6. The zero-order valence-corrected chi connectivity index (χ0v) is 8.60. The van der Waals surface area contributed by atoms with Gasteiger partial charge >= 0.3 is 0 Å². The number of rotatable bonds is 1. The van der Waals surface area contributed by atoms with E-state index in [-0.39, 0.29) is 17.2 Å². The van der Waals surface area contributed by atoms with Crippen molar-refractivity contribution in [2.75, 3.05) is 5.73 Å². The molecule has 1 saturated carbocycles. The fraction of sp³-hybridized carbons (Fsp3) is 0.500. The van der Waals surface area contributed by atoms with Crippen molar-refractivity contribution in [3.63, 3.8) is 0 Å². The second-order valence-corrected chi connectivity index (χ2v) is 4.23. The molecule has 82 valence electrons. The topological polar surface area (TPSA) is 26.0 Å². The standard InChI is InChI=1S/C12H15F2N/c13-10-6-9(15)7-11(14)12(10)8-4-2-1-3-5-8/h6-8H,1-5,15H2. The zero-order valence-electron chi connectivity index (χ0n) is 8.60. The highest BCUT2D eigenvalue weighted by molar-refractivity contribution is 5.42. The highest BCUT2D eigenvalue weighted by Gasteiger charge is 2.22. The number of anilines is 1. The largest absolute Gasteiger partial charge is 0.399 e. The van der Waals surface area contributed by atoms with Gasteiger partial charge in [-0.1, -0.05) is 19.3 Å². The lowest BCUT2D eigenvalue weighted by atomic mass is 9.83. The first-order chi connectivity index (χ1) is 7.18. The molecule has 0 radical (unpaired) electrons. The smallest absolute Gasteiger partial charge is 0.131 e. The van der Waals surface area contributed by atoms with E-state index in [2.05, 4.69) is 0 Å². The van der Waals surface area contributed by atoms with Crippen molar-refractivity contribution < 1.29 is 8.78 Å². The molecule has 1 nitrogen and oxygen atoms in total.